The molecule has 1 aromatic heterocycles. The Morgan fingerprint density at radius 3 is 2.78 bits per heavy atom. The molecular weight excluding hydrogens is 336 g/mol. The first-order valence-corrected chi connectivity index (χ1v) is 8.27. The third-order valence-electron chi connectivity index (χ3n) is 2.31. The Morgan fingerprint density at radius 1 is 1.33 bits per heavy atom. The maximum atomic E-state index is 12.1. The number of benzene rings is 1. The van der Waals surface area contributed by atoms with Crippen molar-refractivity contribution in [1.29, 1.82) is 0 Å². The smallest absolute Gasteiger partial charge is 0.242 e. The Bertz CT molecular complexity index is 639. The average molecular weight is 347 g/mol. The second-order valence-electron chi connectivity index (χ2n) is 3.64. The highest BCUT2D eigenvalue weighted by molar-refractivity contribution is 9.10. The fourth-order valence-electron chi connectivity index (χ4n) is 1.39. The molecule has 7 heteroatoms. The van der Waals surface area contributed by atoms with Gasteiger partial charge < -0.3 is 5.73 Å². The molecule has 0 radical (unpaired) electrons. The molecule has 2 rings (SSSR count). The first-order chi connectivity index (χ1) is 8.49. The lowest BCUT2D eigenvalue weighted by Crippen LogP contribution is -2.24. The summed E-state index contributed by atoms with van der Waals surface area (Å²) >= 11 is 4.76. The molecule has 0 saturated carbocycles. The molecule has 2 aromatic rings. The number of hydrogen-bond donors (Lipinski definition) is 2. The molecule has 0 bridgehead atoms. The van der Waals surface area contributed by atoms with Crippen molar-refractivity contribution in [3.8, 4) is 0 Å². The van der Waals surface area contributed by atoms with Crippen LogP contribution in [0.4, 0.5) is 5.69 Å². The number of nitrogen functional groups attached to an aromatic ring is 1. The van der Waals surface area contributed by atoms with Gasteiger partial charge in [-0.3, -0.25) is 0 Å². The molecule has 0 aliphatic heterocycles. The van der Waals surface area contributed by atoms with E-state index in [2.05, 4.69) is 20.7 Å². The standard InChI is InChI=1S/C11H11BrN2O2S2/c12-9-1-2-10(13)11(5-9)18(15,16)14-6-8-3-4-17-7-8/h1-5,7,14H,6,13H2. The molecule has 0 aliphatic carbocycles. The van der Waals surface area contributed by atoms with Gasteiger partial charge in [-0.05, 0) is 40.6 Å². The van der Waals surface area contributed by atoms with E-state index >= 15 is 0 Å². The van der Waals surface area contributed by atoms with Crippen molar-refractivity contribution in [3.05, 3.63) is 45.1 Å². The van der Waals surface area contributed by atoms with Gasteiger partial charge >= 0.3 is 0 Å². The monoisotopic (exact) mass is 346 g/mol. The van der Waals surface area contributed by atoms with Crippen LogP contribution in [0.2, 0.25) is 0 Å². The van der Waals surface area contributed by atoms with Crippen LogP contribution in [-0.2, 0) is 16.6 Å². The molecule has 4 nitrogen and oxygen atoms in total. The summed E-state index contributed by atoms with van der Waals surface area (Å²) in [6.07, 6.45) is 0. The molecule has 1 aromatic carbocycles. The summed E-state index contributed by atoms with van der Waals surface area (Å²) in [4.78, 5) is 0.0899. The minimum absolute atomic E-state index is 0.0899. The van der Waals surface area contributed by atoms with Gasteiger partial charge in [0.2, 0.25) is 10.0 Å². The highest BCUT2D eigenvalue weighted by Crippen LogP contribution is 2.23. The second kappa shape index (κ2) is 5.40. The number of rotatable bonds is 4. The van der Waals surface area contributed by atoms with E-state index in [0.29, 0.717) is 4.47 Å². The zero-order chi connectivity index (χ0) is 13.2. The van der Waals surface area contributed by atoms with E-state index in [1.165, 1.54) is 17.4 Å². The summed E-state index contributed by atoms with van der Waals surface area (Å²) in [6.45, 7) is 0.262. The van der Waals surface area contributed by atoms with Crippen molar-refractivity contribution < 1.29 is 8.42 Å². The predicted octanol–water partition coefficient (Wildman–Crippen LogP) is 2.57. The van der Waals surface area contributed by atoms with Gasteiger partial charge in [0.15, 0.2) is 0 Å². The fourth-order valence-corrected chi connectivity index (χ4v) is 3.74. The van der Waals surface area contributed by atoms with Crippen LogP contribution in [0.25, 0.3) is 0 Å². The number of sulfonamides is 1. The van der Waals surface area contributed by atoms with Gasteiger partial charge in [0, 0.05) is 11.0 Å². The van der Waals surface area contributed by atoms with Crippen molar-refractivity contribution in [1.82, 2.24) is 4.72 Å². The fraction of sp³-hybridized carbons (Fsp3) is 0.0909. The lowest BCUT2D eigenvalue weighted by molar-refractivity contribution is 0.582. The summed E-state index contributed by atoms with van der Waals surface area (Å²) in [7, 11) is -3.59. The minimum atomic E-state index is -3.59. The van der Waals surface area contributed by atoms with Crippen molar-refractivity contribution in [3.63, 3.8) is 0 Å². The lowest BCUT2D eigenvalue weighted by atomic mass is 10.3. The van der Waals surface area contributed by atoms with Gasteiger partial charge in [-0.2, -0.15) is 11.3 Å². The van der Waals surface area contributed by atoms with Crippen molar-refractivity contribution >= 4 is 43.0 Å². The average Bonchev–Trinajstić information content (AvgIpc) is 2.83. The Labute approximate surface area is 118 Å². The Kier molecular flexibility index (Phi) is 4.06. The summed E-state index contributed by atoms with van der Waals surface area (Å²) in [5, 5.41) is 3.80. The second-order valence-corrected chi connectivity index (χ2v) is 7.07. The van der Waals surface area contributed by atoms with Crippen LogP contribution < -0.4 is 10.5 Å². The number of halogens is 1. The van der Waals surface area contributed by atoms with Crippen LogP contribution in [0, 0.1) is 0 Å². The normalized spacial score (nSPS) is 11.6. The molecule has 0 saturated heterocycles. The third kappa shape index (κ3) is 3.11. The predicted molar refractivity (Wildman–Crippen MR) is 76.9 cm³/mol. The third-order valence-corrected chi connectivity index (χ3v) is 4.99. The minimum Gasteiger partial charge on any atom is -0.398 e. The van der Waals surface area contributed by atoms with Crippen molar-refractivity contribution in [2.75, 3.05) is 5.73 Å². The highest BCUT2D eigenvalue weighted by Gasteiger charge is 2.17. The zero-order valence-electron chi connectivity index (χ0n) is 9.26. The molecule has 3 N–H and O–H groups in total. The molecule has 1 heterocycles. The van der Waals surface area contributed by atoms with E-state index in [-0.39, 0.29) is 17.1 Å². The summed E-state index contributed by atoms with van der Waals surface area (Å²) in [6, 6.07) is 6.62. The van der Waals surface area contributed by atoms with Gasteiger partial charge in [0.1, 0.15) is 4.90 Å². The first-order valence-electron chi connectivity index (χ1n) is 5.05. The largest absolute Gasteiger partial charge is 0.398 e. The Hall–Kier alpha value is -0.890. The van der Waals surface area contributed by atoms with E-state index in [0.717, 1.165) is 5.56 Å². The maximum absolute atomic E-state index is 12.1. The van der Waals surface area contributed by atoms with Crippen LogP contribution >= 0.6 is 27.3 Å². The van der Waals surface area contributed by atoms with Gasteiger partial charge in [-0.15, -0.1) is 0 Å². The van der Waals surface area contributed by atoms with Crippen LogP contribution in [0.1, 0.15) is 5.56 Å². The summed E-state index contributed by atoms with van der Waals surface area (Å²) < 4.78 is 27.4. The first kappa shape index (κ1) is 13.5. The van der Waals surface area contributed by atoms with E-state index in [4.69, 9.17) is 5.73 Å². The molecule has 0 unspecified atom stereocenters. The van der Waals surface area contributed by atoms with Gasteiger partial charge in [0.05, 0.1) is 5.69 Å². The van der Waals surface area contributed by atoms with Crippen LogP contribution in [0.15, 0.2) is 44.4 Å². The van der Waals surface area contributed by atoms with Crippen molar-refractivity contribution in [2.45, 2.75) is 11.4 Å². The lowest BCUT2D eigenvalue weighted by Gasteiger charge is -2.08. The SMILES string of the molecule is Nc1ccc(Br)cc1S(=O)(=O)NCc1ccsc1. The molecular formula is C11H11BrN2O2S2. The molecule has 96 valence electrons. The summed E-state index contributed by atoms with van der Waals surface area (Å²) in [5.41, 5.74) is 6.85. The maximum Gasteiger partial charge on any atom is 0.242 e. The number of hydrogen-bond acceptors (Lipinski definition) is 4. The van der Waals surface area contributed by atoms with Crippen molar-refractivity contribution in [2.24, 2.45) is 0 Å². The molecule has 18 heavy (non-hydrogen) atoms. The molecule has 0 aliphatic rings. The van der Waals surface area contributed by atoms with Gasteiger partial charge in [-0.25, -0.2) is 13.1 Å². The van der Waals surface area contributed by atoms with Crippen LogP contribution in [0.5, 0.6) is 0 Å². The number of nitrogens with one attached hydrogen (secondary N) is 1. The molecule has 0 atom stereocenters. The van der Waals surface area contributed by atoms with Gasteiger partial charge in [-0.1, -0.05) is 15.9 Å². The topological polar surface area (TPSA) is 72.2 Å². The van der Waals surface area contributed by atoms with E-state index in [9.17, 15) is 8.42 Å². The van der Waals surface area contributed by atoms with Gasteiger partial charge in [0.25, 0.3) is 0 Å². The molecule has 0 spiro atoms. The van der Waals surface area contributed by atoms with E-state index in [1.54, 1.807) is 12.1 Å². The Balaban J connectivity index is 2.22. The summed E-state index contributed by atoms with van der Waals surface area (Å²) in [5.74, 6) is 0. The van der Waals surface area contributed by atoms with Crippen LogP contribution in [0.3, 0.4) is 0 Å². The zero-order valence-corrected chi connectivity index (χ0v) is 12.5. The number of anilines is 1. The van der Waals surface area contributed by atoms with E-state index in [1.807, 2.05) is 16.8 Å². The molecule has 0 amide bonds. The van der Waals surface area contributed by atoms with E-state index < -0.39 is 10.0 Å². The quantitative estimate of drug-likeness (QED) is 0.835. The van der Waals surface area contributed by atoms with Crippen LogP contribution in [-0.4, -0.2) is 8.42 Å². The number of nitrogens with two attached hydrogens (primary N) is 1. The highest BCUT2D eigenvalue weighted by atomic mass is 79.9. The molecule has 0 fully saturated rings. The number of thiophene rings is 1. The Morgan fingerprint density at radius 2 is 2.11 bits per heavy atom.